The lowest BCUT2D eigenvalue weighted by molar-refractivity contribution is -0.116. The molecule has 0 saturated heterocycles. The van der Waals surface area contributed by atoms with E-state index in [1.54, 1.807) is 49.0 Å². The summed E-state index contributed by atoms with van der Waals surface area (Å²) in [7, 11) is 1.58. The Morgan fingerprint density at radius 1 is 1.23 bits per heavy atom. The van der Waals surface area contributed by atoms with Crippen molar-refractivity contribution >= 4 is 33.8 Å². The molecule has 0 fully saturated rings. The SMILES string of the molecule is COc1cc2occ(-c3ccc(F)cc3)c2cc1/C(C)=C/C(=O)NCc1cccs1. The highest BCUT2D eigenvalue weighted by molar-refractivity contribution is 7.09. The molecule has 2 heterocycles. The van der Waals surface area contributed by atoms with Crippen molar-refractivity contribution in [2.24, 2.45) is 0 Å². The number of benzene rings is 2. The second kappa shape index (κ2) is 8.55. The third kappa shape index (κ3) is 4.14. The summed E-state index contributed by atoms with van der Waals surface area (Å²) in [4.78, 5) is 13.5. The normalized spacial score (nSPS) is 11.6. The van der Waals surface area contributed by atoms with Crippen LogP contribution in [0, 0.1) is 5.82 Å². The van der Waals surface area contributed by atoms with Gasteiger partial charge in [-0.1, -0.05) is 18.2 Å². The van der Waals surface area contributed by atoms with Crippen molar-refractivity contribution in [1.82, 2.24) is 5.32 Å². The molecule has 4 rings (SSSR count). The molecule has 0 aliphatic rings. The third-order valence-corrected chi connectivity index (χ3v) is 5.72. The Morgan fingerprint density at radius 3 is 2.73 bits per heavy atom. The summed E-state index contributed by atoms with van der Waals surface area (Å²) >= 11 is 1.60. The van der Waals surface area contributed by atoms with Crippen molar-refractivity contribution in [3.63, 3.8) is 0 Å². The van der Waals surface area contributed by atoms with Crippen LogP contribution in [-0.4, -0.2) is 13.0 Å². The van der Waals surface area contributed by atoms with Crippen LogP contribution in [0.5, 0.6) is 5.75 Å². The molecule has 6 heteroatoms. The molecule has 0 aliphatic carbocycles. The number of carbonyl (C=O) groups is 1. The molecule has 152 valence electrons. The minimum absolute atomic E-state index is 0.172. The van der Waals surface area contributed by atoms with Crippen molar-refractivity contribution in [3.8, 4) is 16.9 Å². The monoisotopic (exact) mass is 421 g/mol. The first-order valence-corrected chi connectivity index (χ1v) is 10.3. The molecule has 0 unspecified atom stereocenters. The summed E-state index contributed by atoms with van der Waals surface area (Å²) in [6.07, 6.45) is 3.21. The molecule has 0 bridgehead atoms. The van der Waals surface area contributed by atoms with Gasteiger partial charge in [0.2, 0.25) is 5.91 Å². The van der Waals surface area contributed by atoms with Crippen LogP contribution < -0.4 is 10.1 Å². The number of ether oxygens (including phenoxy) is 1. The Morgan fingerprint density at radius 2 is 2.03 bits per heavy atom. The molecule has 2 aromatic carbocycles. The number of halogens is 1. The van der Waals surface area contributed by atoms with Gasteiger partial charge in [-0.2, -0.15) is 0 Å². The maximum Gasteiger partial charge on any atom is 0.244 e. The van der Waals surface area contributed by atoms with Crippen molar-refractivity contribution in [1.29, 1.82) is 0 Å². The molecular weight excluding hydrogens is 401 g/mol. The summed E-state index contributed by atoms with van der Waals surface area (Å²) < 4.78 is 24.5. The summed E-state index contributed by atoms with van der Waals surface area (Å²) in [5, 5.41) is 5.74. The number of nitrogens with one attached hydrogen (secondary N) is 1. The first-order chi connectivity index (χ1) is 14.5. The number of fused-ring (bicyclic) bond motifs is 1. The van der Waals surface area contributed by atoms with Gasteiger partial charge in [0.1, 0.15) is 17.1 Å². The predicted molar refractivity (Wildman–Crippen MR) is 118 cm³/mol. The number of carbonyl (C=O) groups excluding carboxylic acids is 1. The van der Waals surface area contributed by atoms with Gasteiger partial charge in [0.25, 0.3) is 0 Å². The van der Waals surface area contributed by atoms with Crippen molar-refractivity contribution in [2.45, 2.75) is 13.5 Å². The van der Waals surface area contributed by atoms with Crippen LogP contribution in [0.2, 0.25) is 0 Å². The Bertz CT molecular complexity index is 1210. The van der Waals surface area contributed by atoms with Gasteiger partial charge >= 0.3 is 0 Å². The van der Waals surface area contributed by atoms with Gasteiger partial charge < -0.3 is 14.5 Å². The van der Waals surface area contributed by atoms with Crippen molar-refractivity contribution in [3.05, 3.63) is 82.5 Å². The minimum atomic E-state index is -0.291. The van der Waals surface area contributed by atoms with E-state index in [1.807, 2.05) is 30.5 Å². The summed E-state index contributed by atoms with van der Waals surface area (Å²) in [6.45, 7) is 2.36. The smallest absolute Gasteiger partial charge is 0.244 e. The van der Waals surface area contributed by atoms with Gasteiger partial charge in [-0.3, -0.25) is 4.79 Å². The number of furan rings is 1. The third-order valence-electron chi connectivity index (χ3n) is 4.84. The molecule has 0 aliphatic heterocycles. The molecule has 0 radical (unpaired) electrons. The fourth-order valence-corrected chi connectivity index (χ4v) is 3.94. The summed E-state index contributed by atoms with van der Waals surface area (Å²) in [5.74, 6) is 0.151. The van der Waals surface area contributed by atoms with E-state index in [0.29, 0.717) is 17.9 Å². The minimum Gasteiger partial charge on any atom is -0.496 e. The average molecular weight is 421 g/mol. The largest absolute Gasteiger partial charge is 0.496 e. The zero-order chi connectivity index (χ0) is 21.1. The Balaban J connectivity index is 1.67. The second-order valence-electron chi connectivity index (χ2n) is 6.83. The Hall–Kier alpha value is -3.38. The van der Waals surface area contributed by atoms with Gasteiger partial charge in [0.15, 0.2) is 0 Å². The number of rotatable bonds is 6. The van der Waals surface area contributed by atoms with Gasteiger partial charge in [0.05, 0.1) is 19.9 Å². The summed E-state index contributed by atoms with van der Waals surface area (Å²) in [6, 6.07) is 13.9. The standard InChI is InChI=1S/C24H20FNO3S/c1-15(10-24(27)26-13-18-4-3-9-30-18)19-11-20-21(16-5-7-17(25)8-6-16)14-29-23(20)12-22(19)28-2/h3-12,14H,13H2,1-2H3,(H,26,27)/b15-10+. The quantitative estimate of drug-likeness (QED) is 0.387. The molecule has 2 aromatic heterocycles. The van der Waals surface area contributed by atoms with Crippen molar-refractivity contribution in [2.75, 3.05) is 7.11 Å². The molecule has 0 spiro atoms. The lowest BCUT2D eigenvalue weighted by atomic mass is 9.99. The molecule has 4 aromatic rings. The lowest BCUT2D eigenvalue weighted by Gasteiger charge is -2.10. The van der Waals surface area contributed by atoms with Crippen LogP contribution >= 0.6 is 11.3 Å². The first kappa shape index (κ1) is 19.9. The van der Waals surface area contributed by atoms with E-state index in [2.05, 4.69) is 5.32 Å². The van der Waals surface area contributed by atoms with E-state index in [9.17, 15) is 9.18 Å². The Kier molecular flexibility index (Phi) is 5.68. The zero-order valence-electron chi connectivity index (χ0n) is 16.6. The van der Waals surface area contributed by atoms with Gasteiger partial charge in [-0.15, -0.1) is 11.3 Å². The number of thiophene rings is 1. The van der Waals surface area contributed by atoms with Gasteiger partial charge in [-0.25, -0.2) is 4.39 Å². The van der Waals surface area contributed by atoms with Crippen LogP contribution in [0.15, 0.2) is 70.7 Å². The molecule has 4 nitrogen and oxygen atoms in total. The van der Waals surface area contributed by atoms with Crippen LogP contribution in [0.1, 0.15) is 17.4 Å². The Labute approximate surface area is 177 Å². The number of amides is 1. The first-order valence-electron chi connectivity index (χ1n) is 9.39. The number of allylic oxidation sites excluding steroid dienone is 1. The number of hydrogen-bond acceptors (Lipinski definition) is 4. The molecule has 1 N–H and O–H groups in total. The molecular formula is C24H20FNO3S. The maximum atomic E-state index is 13.3. The van der Waals surface area contributed by atoms with E-state index in [-0.39, 0.29) is 11.7 Å². The zero-order valence-corrected chi connectivity index (χ0v) is 17.4. The number of hydrogen-bond donors (Lipinski definition) is 1. The lowest BCUT2D eigenvalue weighted by Crippen LogP contribution is -2.20. The van der Waals surface area contributed by atoms with E-state index < -0.39 is 0 Å². The highest BCUT2D eigenvalue weighted by Gasteiger charge is 2.15. The van der Waals surface area contributed by atoms with E-state index in [4.69, 9.17) is 9.15 Å². The topological polar surface area (TPSA) is 51.5 Å². The average Bonchev–Trinajstić information content (AvgIpc) is 3.41. The molecule has 30 heavy (non-hydrogen) atoms. The molecule has 1 amide bonds. The van der Waals surface area contributed by atoms with Gasteiger partial charge in [0, 0.05) is 33.5 Å². The van der Waals surface area contributed by atoms with E-state index >= 15 is 0 Å². The van der Waals surface area contributed by atoms with E-state index in [1.165, 1.54) is 12.1 Å². The summed E-state index contributed by atoms with van der Waals surface area (Å²) in [5.41, 5.74) is 3.92. The second-order valence-corrected chi connectivity index (χ2v) is 7.86. The molecule has 0 atom stereocenters. The van der Waals surface area contributed by atoms with Crippen LogP contribution in [0.4, 0.5) is 4.39 Å². The fourth-order valence-electron chi connectivity index (χ4n) is 3.30. The number of methoxy groups -OCH3 is 1. The van der Waals surface area contributed by atoms with Gasteiger partial charge in [-0.05, 0) is 47.7 Å². The van der Waals surface area contributed by atoms with Crippen LogP contribution in [-0.2, 0) is 11.3 Å². The van der Waals surface area contributed by atoms with E-state index in [0.717, 1.165) is 32.5 Å². The predicted octanol–water partition coefficient (Wildman–Crippen LogP) is 6.03. The van der Waals surface area contributed by atoms with Crippen LogP contribution in [0.25, 0.3) is 27.7 Å². The fraction of sp³-hybridized carbons (Fsp3) is 0.125. The highest BCUT2D eigenvalue weighted by atomic mass is 32.1. The maximum absolute atomic E-state index is 13.3. The van der Waals surface area contributed by atoms with Crippen LogP contribution in [0.3, 0.4) is 0 Å². The highest BCUT2D eigenvalue weighted by Crippen LogP contribution is 2.37. The van der Waals surface area contributed by atoms with Crippen molar-refractivity contribution < 1.29 is 18.3 Å². The molecule has 0 saturated carbocycles.